The van der Waals surface area contributed by atoms with Crippen molar-refractivity contribution in [2.24, 2.45) is 0 Å². The molecule has 0 saturated carbocycles. The van der Waals surface area contributed by atoms with Gasteiger partial charge in [0.1, 0.15) is 12.4 Å². The predicted octanol–water partition coefficient (Wildman–Crippen LogP) is 3.47. The minimum Gasteiger partial charge on any atom is -0.342 e. The van der Waals surface area contributed by atoms with E-state index in [9.17, 15) is 18.8 Å². The van der Waals surface area contributed by atoms with Crippen LogP contribution >= 0.6 is 0 Å². The summed E-state index contributed by atoms with van der Waals surface area (Å²) in [5.41, 5.74) is 1.24. The zero-order valence-electron chi connectivity index (χ0n) is 16.3. The molecular formula is C22H22FN3O3. The van der Waals surface area contributed by atoms with Gasteiger partial charge < -0.3 is 14.8 Å². The molecule has 1 aromatic heterocycles. The second-order valence-corrected chi connectivity index (χ2v) is 6.54. The second-order valence-electron chi connectivity index (χ2n) is 6.54. The number of amides is 2. The van der Waals surface area contributed by atoms with Crippen LogP contribution in [0.15, 0.2) is 54.7 Å². The molecule has 6 nitrogen and oxygen atoms in total. The van der Waals surface area contributed by atoms with Crippen molar-refractivity contribution >= 4 is 34.2 Å². The number of rotatable bonds is 7. The number of halogens is 1. The Morgan fingerprint density at radius 1 is 1.00 bits per heavy atom. The zero-order chi connectivity index (χ0) is 21.0. The first-order valence-corrected chi connectivity index (χ1v) is 9.41. The number of fused-ring (bicyclic) bond motifs is 1. The lowest BCUT2D eigenvalue weighted by Gasteiger charge is -2.19. The van der Waals surface area contributed by atoms with Crippen molar-refractivity contribution in [2.75, 3.05) is 18.4 Å². The molecule has 0 aliphatic rings. The lowest BCUT2D eigenvalue weighted by Crippen LogP contribution is -2.33. The molecule has 29 heavy (non-hydrogen) atoms. The van der Waals surface area contributed by atoms with Gasteiger partial charge >= 0.3 is 0 Å². The topological polar surface area (TPSA) is 71.4 Å². The number of nitrogens with one attached hydrogen (secondary N) is 1. The van der Waals surface area contributed by atoms with E-state index in [1.807, 2.05) is 19.9 Å². The van der Waals surface area contributed by atoms with Gasteiger partial charge in [-0.2, -0.15) is 0 Å². The van der Waals surface area contributed by atoms with Gasteiger partial charge in [-0.1, -0.05) is 18.2 Å². The van der Waals surface area contributed by atoms with E-state index in [1.54, 1.807) is 33.9 Å². The van der Waals surface area contributed by atoms with E-state index in [-0.39, 0.29) is 18.0 Å². The van der Waals surface area contributed by atoms with Crippen LogP contribution in [0.25, 0.3) is 10.9 Å². The highest BCUT2D eigenvalue weighted by Crippen LogP contribution is 2.23. The number of hydrogen-bond acceptors (Lipinski definition) is 3. The highest BCUT2D eigenvalue weighted by Gasteiger charge is 2.23. The normalized spacial score (nSPS) is 10.7. The molecule has 0 radical (unpaired) electrons. The third-order valence-corrected chi connectivity index (χ3v) is 4.76. The summed E-state index contributed by atoms with van der Waals surface area (Å²) in [4.78, 5) is 39.4. The monoisotopic (exact) mass is 395 g/mol. The first kappa shape index (κ1) is 20.3. The van der Waals surface area contributed by atoms with Crippen LogP contribution < -0.4 is 5.32 Å². The molecule has 150 valence electrons. The number of Topliss-reactive ketones (excluding diaryl/α,β-unsaturated/α-hetero) is 1. The van der Waals surface area contributed by atoms with Crippen LogP contribution in [0.2, 0.25) is 0 Å². The maximum Gasteiger partial charge on any atom is 0.296 e. The van der Waals surface area contributed by atoms with Crippen molar-refractivity contribution in [1.29, 1.82) is 0 Å². The van der Waals surface area contributed by atoms with Gasteiger partial charge in [0, 0.05) is 35.9 Å². The summed E-state index contributed by atoms with van der Waals surface area (Å²) < 4.78 is 14.7. The summed E-state index contributed by atoms with van der Waals surface area (Å²) in [6.45, 7) is 5.09. The smallest absolute Gasteiger partial charge is 0.296 e. The number of nitrogens with zero attached hydrogens (tertiary/aromatic N) is 2. The average Bonchev–Trinajstić information content (AvgIpc) is 3.08. The number of likely N-dealkylation sites (N-methyl/N-ethyl adjacent to an activating group) is 1. The molecule has 0 atom stereocenters. The quantitative estimate of drug-likeness (QED) is 0.492. The van der Waals surface area contributed by atoms with E-state index < -0.39 is 17.5 Å². The summed E-state index contributed by atoms with van der Waals surface area (Å²) >= 11 is 0. The largest absolute Gasteiger partial charge is 0.342 e. The van der Waals surface area contributed by atoms with Gasteiger partial charge in [-0.25, -0.2) is 4.39 Å². The summed E-state index contributed by atoms with van der Waals surface area (Å²) in [6, 6.07) is 12.3. The van der Waals surface area contributed by atoms with Crippen LogP contribution in [0.5, 0.6) is 0 Å². The van der Waals surface area contributed by atoms with Gasteiger partial charge in [-0.05, 0) is 44.2 Å². The minimum absolute atomic E-state index is 0.0643. The first-order chi connectivity index (χ1) is 13.9. The number of benzene rings is 2. The molecule has 1 heterocycles. The number of carbonyl (C=O) groups excluding carboxylic acids is 3. The van der Waals surface area contributed by atoms with E-state index in [0.717, 1.165) is 0 Å². The molecule has 2 amide bonds. The molecule has 0 bridgehead atoms. The number of anilines is 1. The SMILES string of the molecule is CCN(CC)C(=O)Cn1cc(C(=O)C(=O)Nc2ccc(F)cc2)c2ccccc21. The average molecular weight is 395 g/mol. The molecule has 0 fully saturated rings. The molecule has 7 heteroatoms. The first-order valence-electron chi connectivity index (χ1n) is 9.41. The van der Waals surface area contributed by atoms with Crippen LogP contribution in [0.1, 0.15) is 24.2 Å². The standard InChI is InChI=1S/C22H22FN3O3/c1-3-25(4-2)20(27)14-26-13-18(17-7-5-6-8-19(17)26)21(28)22(29)24-16-11-9-15(23)10-12-16/h5-13H,3-4,14H2,1-2H3,(H,24,29). The molecule has 0 aliphatic carbocycles. The van der Waals surface area contributed by atoms with Crippen molar-refractivity contribution in [2.45, 2.75) is 20.4 Å². The molecule has 0 unspecified atom stereocenters. The fourth-order valence-corrected chi connectivity index (χ4v) is 3.22. The molecule has 3 aromatic rings. The van der Waals surface area contributed by atoms with Crippen molar-refractivity contribution in [3.8, 4) is 0 Å². The van der Waals surface area contributed by atoms with Crippen molar-refractivity contribution in [3.05, 3.63) is 66.1 Å². The Hall–Kier alpha value is -3.48. The molecular weight excluding hydrogens is 373 g/mol. The van der Waals surface area contributed by atoms with Gasteiger partial charge in [0.2, 0.25) is 5.91 Å². The predicted molar refractivity (Wildman–Crippen MR) is 109 cm³/mol. The van der Waals surface area contributed by atoms with E-state index >= 15 is 0 Å². The van der Waals surface area contributed by atoms with Crippen LogP contribution in [0, 0.1) is 5.82 Å². The highest BCUT2D eigenvalue weighted by molar-refractivity contribution is 6.48. The fourth-order valence-electron chi connectivity index (χ4n) is 3.22. The summed E-state index contributed by atoms with van der Waals surface area (Å²) in [5, 5.41) is 3.08. The summed E-state index contributed by atoms with van der Waals surface area (Å²) in [5.74, 6) is -2.05. The lowest BCUT2D eigenvalue weighted by molar-refractivity contribution is -0.131. The van der Waals surface area contributed by atoms with Crippen molar-refractivity contribution < 1.29 is 18.8 Å². The number of carbonyl (C=O) groups is 3. The van der Waals surface area contributed by atoms with Gasteiger partial charge in [-0.15, -0.1) is 0 Å². The Morgan fingerprint density at radius 2 is 1.66 bits per heavy atom. The van der Waals surface area contributed by atoms with E-state index in [0.29, 0.717) is 29.7 Å². The number of ketones is 1. The molecule has 3 rings (SSSR count). The molecule has 0 spiro atoms. The van der Waals surface area contributed by atoms with Crippen LogP contribution in [0.4, 0.5) is 10.1 Å². The Morgan fingerprint density at radius 3 is 2.31 bits per heavy atom. The van der Waals surface area contributed by atoms with Gasteiger partial charge in [-0.3, -0.25) is 14.4 Å². The molecule has 0 saturated heterocycles. The third kappa shape index (κ3) is 4.34. The third-order valence-electron chi connectivity index (χ3n) is 4.76. The second kappa shape index (κ2) is 8.68. The maximum atomic E-state index is 13.0. The molecule has 1 N–H and O–H groups in total. The Labute approximate surface area is 167 Å². The number of hydrogen-bond donors (Lipinski definition) is 1. The zero-order valence-corrected chi connectivity index (χ0v) is 16.3. The fraction of sp³-hybridized carbons (Fsp3) is 0.227. The molecule has 2 aromatic carbocycles. The van der Waals surface area contributed by atoms with Gasteiger partial charge in [0.25, 0.3) is 11.7 Å². The van der Waals surface area contributed by atoms with Crippen molar-refractivity contribution in [1.82, 2.24) is 9.47 Å². The van der Waals surface area contributed by atoms with E-state index in [2.05, 4.69) is 5.32 Å². The summed E-state index contributed by atoms with van der Waals surface area (Å²) in [7, 11) is 0. The summed E-state index contributed by atoms with van der Waals surface area (Å²) in [6.07, 6.45) is 1.54. The Balaban J connectivity index is 1.89. The Kier molecular flexibility index (Phi) is 6.07. The van der Waals surface area contributed by atoms with E-state index in [4.69, 9.17) is 0 Å². The maximum absolute atomic E-state index is 13.0. The van der Waals surface area contributed by atoms with E-state index in [1.165, 1.54) is 24.3 Å². The van der Waals surface area contributed by atoms with Crippen molar-refractivity contribution in [3.63, 3.8) is 0 Å². The van der Waals surface area contributed by atoms with Crippen LogP contribution in [-0.2, 0) is 16.1 Å². The van der Waals surface area contributed by atoms with Crippen LogP contribution in [0.3, 0.4) is 0 Å². The lowest BCUT2D eigenvalue weighted by atomic mass is 10.1. The molecule has 0 aliphatic heterocycles. The van der Waals surface area contributed by atoms with Gasteiger partial charge in [0.15, 0.2) is 0 Å². The Bertz CT molecular complexity index is 1050. The highest BCUT2D eigenvalue weighted by atomic mass is 19.1. The minimum atomic E-state index is -0.824. The number of aromatic nitrogens is 1. The van der Waals surface area contributed by atoms with Gasteiger partial charge in [0.05, 0.1) is 5.56 Å². The van der Waals surface area contributed by atoms with Crippen LogP contribution in [-0.4, -0.2) is 40.2 Å². The number of para-hydroxylation sites is 1.